The van der Waals surface area contributed by atoms with Gasteiger partial charge in [0.15, 0.2) is 6.10 Å². The van der Waals surface area contributed by atoms with Gasteiger partial charge in [0.05, 0.1) is 0 Å². The number of carbonyl (C=O) groups excluding carboxylic acids is 3. The summed E-state index contributed by atoms with van der Waals surface area (Å²) in [6.45, 7) is 6.64. The molecule has 75 heavy (non-hydrogen) atoms. The van der Waals surface area contributed by atoms with Crippen LogP contribution in [-0.2, 0) is 28.6 Å². The van der Waals surface area contributed by atoms with Crippen LogP contribution in [0.4, 0.5) is 0 Å². The molecule has 6 nitrogen and oxygen atoms in total. The van der Waals surface area contributed by atoms with Crippen molar-refractivity contribution in [2.45, 2.75) is 335 Å². The van der Waals surface area contributed by atoms with Gasteiger partial charge in [0.25, 0.3) is 0 Å². The van der Waals surface area contributed by atoms with Crippen molar-refractivity contribution >= 4 is 17.9 Å². The second kappa shape index (κ2) is 63.4. The molecular weight excluding hydrogens is 925 g/mol. The summed E-state index contributed by atoms with van der Waals surface area (Å²) in [5.74, 6) is -0.886. The Bertz CT molecular complexity index is 1390. The van der Waals surface area contributed by atoms with Gasteiger partial charge in [-0.05, 0) is 96.3 Å². The van der Waals surface area contributed by atoms with Crippen molar-refractivity contribution < 1.29 is 28.6 Å². The number of unbranched alkanes of at least 4 members (excludes halogenated alkanes) is 36. The summed E-state index contributed by atoms with van der Waals surface area (Å²) in [6.07, 6.45) is 81.8. The van der Waals surface area contributed by atoms with Crippen LogP contribution >= 0.6 is 0 Å². The van der Waals surface area contributed by atoms with E-state index in [1.807, 2.05) is 0 Å². The van der Waals surface area contributed by atoms with Crippen LogP contribution in [-0.4, -0.2) is 37.2 Å². The van der Waals surface area contributed by atoms with Crippen LogP contribution in [0.15, 0.2) is 72.9 Å². The van der Waals surface area contributed by atoms with Crippen molar-refractivity contribution in [1.29, 1.82) is 0 Å². The third kappa shape index (κ3) is 61.6. The molecule has 0 N–H and O–H groups in total. The van der Waals surface area contributed by atoms with Crippen LogP contribution in [0, 0.1) is 0 Å². The van der Waals surface area contributed by atoms with Gasteiger partial charge < -0.3 is 14.2 Å². The smallest absolute Gasteiger partial charge is 0.306 e. The number of hydrogen-bond acceptors (Lipinski definition) is 6. The zero-order chi connectivity index (χ0) is 54.3. The van der Waals surface area contributed by atoms with Crippen molar-refractivity contribution in [3.05, 3.63) is 72.9 Å². The van der Waals surface area contributed by atoms with E-state index >= 15 is 0 Å². The highest BCUT2D eigenvalue weighted by Gasteiger charge is 2.19. The molecule has 0 aliphatic rings. The average molecular weight is 1050 g/mol. The van der Waals surface area contributed by atoms with Crippen molar-refractivity contribution in [2.75, 3.05) is 13.2 Å². The molecular formula is C69H122O6. The number of rotatable bonds is 59. The monoisotopic (exact) mass is 1050 g/mol. The molecule has 0 radical (unpaired) electrons. The highest BCUT2D eigenvalue weighted by Crippen LogP contribution is 2.16. The maximum absolute atomic E-state index is 12.9. The lowest BCUT2D eigenvalue weighted by molar-refractivity contribution is -0.167. The van der Waals surface area contributed by atoms with Gasteiger partial charge in [-0.2, -0.15) is 0 Å². The maximum atomic E-state index is 12.9. The largest absolute Gasteiger partial charge is 0.462 e. The molecule has 0 rings (SSSR count). The van der Waals surface area contributed by atoms with E-state index < -0.39 is 6.10 Å². The maximum Gasteiger partial charge on any atom is 0.306 e. The zero-order valence-electron chi connectivity index (χ0n) is 49.8. The number of ether oxygens (including phenoxy) is 3. The number of hydrogen-bond donors (Lipinski definition) is 0. The Balaban J connectivity index is 4.36. The van der Waals surface area contributed by atoms with Gasteiger partial charge in [-0.1, -0.05) is 286 Å². The summed E-state index contributed by atoms with van der Waals surface area (Å²) in [6, 6.07) is 0. The van der Waals surface area contributed by atoms with E-state index in [1.165, 1.54) is 186 Å². The Morgan fingerprint density at radius 1 is 0.267 bits per heavy atom. The molecule has 1 unspecified atom stereocenters. The summed E-state index contributed by atoms with van der Waals surface area (Å²) < 4.78 is 16.9. The van der Waals surface area contributed by atoms with Crippen LogP contribution in [0.3, 0.4) is 0 Å². The lowest BCUT2D eigenvalue weighted by atomic mass is 10.0. The van der Waals surface area contributed by atoms with Gasteiger partial charge in [-0.15, -0.1) is 0 Å². The predicted molar refractivity (Wildman–Crippen MR) is 325 cm³/mol. The molecule has 0 aliphatic heterocycles. The minimum absolute atomic E-state index is 0.0806. The summed E-state index contributed by atoms with van der Waals surface area (Å²) in [7, 11) is 0. The summed E-state index contributed by atoms with van der Waals surface area (Å²) >= 11 is 0. The van der Waals surface area contributed by atoms with Gasteiger partial charge >= 0.3 is 17.9 Å². The molecule has 0 aromatic carbocycles. The molecule has 0 bridgehead atoms. The van der Waals surface area contributed by atoms with E-state index in [-0.39, 0.29) is 31.1 Å². The van der Waals surface area contributed by atoms with Gasteiger partial charge in [0.2, 0.25) is 0 Å². The standard InChI is InChI=1S/C69H122O6/c1-4-7-10-13-16-19-22-25-27-29-31-33-34-36-37-39-41-44-47-50-53-56-59-62-68(71)74-65-66(64-73-67(70)61-58-55-52-49-46-43-24-21-18-15-12-9-6-3)75-69(72)63-60-57-54-51-48-45-42-40-38-35-32-30-28-26-23-20-17-14-11-8-5-2/h22-23,25-26,29-32,34,36,38,40,66H,4-21,24,27-28,33,35,37,39,41-65H2,1-3H3/b25-22-,26-23-,31-29-,32-30-,36-34-,40-38-. The van der Waals surface area contributed by atoms with Gasteiger partial charge in [-0.25, -0.2) is 0 Å². The van der Waals surface area contributed by atoms with Gasteiger partial charge in [-0.3, -0.25) is 14.4 Å². The molecule has 0 spiro atoms. The first-order chi connectivity index (χ1) is 37.0. The second-order valence-electron chi connectivity index (χ2n) is 21.7. The van der Waals surface area contributed by atoms with E-state index in [1.54, 1.807) is 0 Å². The number of esters is 3. The average Bonchev–Trinajstić information content (AvgIpc) is 3.41. The normalized spacial score (nSPS) is 12.5. The van der Waals surface area contributed by atoms with Crippen LogP contribution in [0.1, 0.15) is 329 Å². The summed E-state index contributed by atoms with van der Waals surface area (Å²) in [5.41, 5.74) is 0. The fraction of sp³-hybridized carbons (Fsp3) is 0.783. The molecule has 0 fully saturated rings. The van der Waals surface area contributed by atoms with Gasteiger partial charge in [0, 0.05) is 19.3 Å². The molecule has 0 aromatic heterocycles. The van der Waals surface area contributed by atoms with Crippen molar-refractivity contribution in [3.8, 4) is 0 Å². The fourth-order valence-electron chi connectivity index (χ4n) is 9.28. The van der Waals surface area contributed by atoms with Crippen LogP contribution in [0.25, 0.3) is 0 Å². The molecule has 0 heterocycles. The Morgan fingerprint density at radius 2 is 0.480 bits per heavy atom. The van der Waals surface area contributed by atoms with Crippen LogP contribution in [0.5, 0.6) is 0 Å². The topological polar surface area (TPSA) is 78.9 Å². The highest BCUT2D eigenvalue weighted by atomic mass is 16.6. The Hall–Kier alpha value is -3.15. The van der Waals surface area contributed by atoms with E-state index in [0.29, 0.717) is 19.3 Å². The number of allylic oxidation sites excluding steroid dienone is 12. The molecule has 6 heteroatoms. The van der Waals surface area contributed by atoms with Gasteiger partial charge in [0.1, 0.15) is 13.2 Å². The molecule has 0 saturated heterocycles. The minimum atomic E-state index is -0.785. The van der Waals surface area contributed by atoms with Crippen LogP contribution in [0.2, 0.25) is 0 Å². The SMILES string of the molecule is CCCCCCC/C=C\C/C=C\C/C=C\CCCCCCCCCCC(=O)OCC(COC(=O)CCCCCCCCCCCCCCC)OC(=O)CCCCCCCC/C=C\C/C=C\C/C=C\CCCCCCC. The molecule has 0 amide bonds. The molecule has 0 aliphatic carbocycles. The minimum Gasteiger partial charge on any atom is -0.462 e. The third-order valence-corrected chi connectivity index (χ3v) is 14.2. The van der Waals surface area contributed by atoms with Crippen molar-refractivity contribution in [3.63, 3.8) is 0 Å². The lowest BCUT2D eigenvalue weighted by Gasteiger charge is -2.18. The molecule has 1 atom stereocenters. The predicted octanol–water partition coefficient (Wildman–Crippen LogP) is 22.1. The van der Waals surface area contributed by atoms with E-state index in [0.717, 1.165) is 103 Å². The summed E-state index contributed by atoms with van der Waals surface area (Å²) in [5, 5.41) is 0. The fourth-order valence-corrected chi connectivity index (χ4v) is 9.28. The first-order valence-electron chi connectivity index (χ1n) is 32.4. The van der Waals surface area contributed by atoms with Crippen molar-refractivity contribution in [1.82, 2.24) is 0 Å². The molecule has 434 valence electrons. The molecule has 0 saturated carbocycles. The van der Waals surface area contributed by atoms with E-state index in [2.05, 4.69) is 93.7 Å². The Labute approximate surface area is 465 Å². The van der Waals surface area contributed by atoms with Crippen molar-refractivity contribution in [2.24, 2.45) is 0 Å². The lowest BCUT2D eigenvalue weighted by Crippen LogP contribution is -2.30. The highest BCUT2D eigenvalue weighted by molar-refractivity contribution is 5.71. The van der Waals surface area contributed by atoms with Crippen LogP contribution < -0.4 is 0 Å². The number of carbonyl (C=O) groups is 3. The quantitative estimate of drug-likeness (QED) is 0.0261. The van der Waals surface area contributed by atoms with E-state index in [4.69, 9.17) is 14.2 Å². The first kappa shape index (κ1) is 71.8. The Morgan fingerprint density at radius 3 is 0.747 bits per heavy atom. The molecule has 0 aromatic rings. The van der Waals surface area contributed by atoms with E-state index in [9.17, 15) is 14.4 Å². The Kier molecular flexibility index (Phi) is 60.7. The zero-order valence-corrected chi connectivity index (χ0v) is 49.8. The summed E-state index contributed by atoms with van der Waals surface area (Å²) in [4.78, 5) is 38.3. The first-order valence-corrected chi connectivity index (χ1v) is 32.4. The third-order valence-electron chi connectivity index (χ3n) is 14.2. The second-order valence-corrected chi connectivity index (χ2v) is 21.7.